The van der Waals surface area contributed by atoms with Crippen LogP contribution in [-0.4, -0.2) is 27.5 Å². The molecule has 0 aromatic heterocycles. The van der Waals surface area contributed by atoms with Gasteiger partial charge in [-0.15, -0.1) is 16.7 Å². The molecule has 0 aliphatic carbocycles. The number of anilines is 1. The molecule has 31 heavy (non-hydrogen) atoms. The number of thioether (sulfide) groups is 1. The largest absolute Gasteiger partial charge is 0.506 e. The number of benzene rings is 3. The van der Waals surface area contributed by atoms with E-state index in [0.29, 0.717) is 12.3 Å². The van der Waals surface area contributed by atoms with E-state index in [9.17, 15) is 14.0 Å². The van der Waals surface area contributed by atoms with Crippen molar-refractivity contribution in [1.29, 1.82) is 0 Å². The second-order valence-corrected chi connectivity index (χ2v) is 9.06. The number of nitrogens with zero attached hydrogens (tertiary/aromatic N) is 2. The Kier molecular flexibility index (Phi) is 4.91. The second kappa shape index (κ2) is 7.62. The first-order valence-electron chi connectivity index (χ1n) is 9.73. The molecule has 0 N–H and O–H groups in total. The van der Waals surface area contributed by atoms with Gasteiger partial charge in [-0.05, 0) is 36.8 Å². The first-order chi connectivity index (χ1) is 14.9. The third-order valence-electron chi connectivity index (χ3n) is 5.40. The van der Waals surface area contributed by atoms with Crippen LogP contribution >= 0.6 is 23.4 Å². The van der Waals surface area contributed by atoms with E-state index in [-0.39, 0.29) is 16.6 Å². The molecule has 0 fully saturated rings. The van der Waals surface area contributed by atoms with Gasteiger partial charge in [0.05, 0.1) is 5.02 Å². The SMILES string of the molecule is Cc1cccc(C[N+]2=C3c4ccccc4SC3C(=O)N(c3ccc(F)c(Cl)c3)C2=O)c1. The molecule has 0 radical (unpaired) electrons. The molecule has 2 heterocycles. The van der Waals surface area contributed by atoms with Crippen LogP contribution in [0.25, 0.3) is 0 Å². The van der Waals surface area contributed by atoms with E-state index in [4.69, 9.17) is 11.6 Å². The summed E-state index contributed by atoms with van der Waals surface area (Å²) < 4.78 is 15.4. The predicted octanol–water partition coefficient (Wildman–Crippen LogP) is 5.43. The summed E-state index contributed by atoms with van der Waals surface area (Å²) in [6.07, 6.45) is 0. The van der Waals surface area contributed by atoms with E-state index in [1.807, 2.05) is 55.5 Å². The topological polar surface area (TPSA) is 40.4 Å². The van der Waals surface area contributed by atoms with Gasteiger partial charge in [-0.1, -0.05) is 53.6 Å². The average molecular weight is 452 g/mol. The number of aryl methyl sites for hydroxylation is 1. The third-order valence-corrected chi connectivity index (χ3v) is 6.96. The standard InChI is InChI=1S/C24H17ClFN2O2S/c1-14-5-4-6-15(11-14)13-27-21-17-7-2-3-8-20(17)31-22(21)23(29)28(24(27)30)16-9-10-19(26)18(25)12-16/h2-12,22H,13H2,1H3/q+1. The van der Waals surface area contributed by atoms with Crippen molar-refractivity contribution in [3.05, 3.63) is 94.3 Å². The van der Waals surface area contributed by atoms with Crippen LogP contribution in [0.5, 0.6) is 0 Å². The maximum absolute atomic E-state index is 13.7. The molecule has 2 aliphatic rings. The molecule has 2 aliphatic heterocycles. The normalized spacial score (nSPS) is 17.8. The summed E-state index contributed by atoms with van der Waals surface area (Å²) >= 11 is 7.37. The Morgan fingerprint density at radius 2 is 1.87 bits per heavy atom. The van der Waals surface area contributed by atoms with Crippen LogP contribution < -0.4 is 4.90 Å². The molecule has 3 aromatic carbocycles. The van der Waals surface area contributed by atoms with Gasteiger partial charge in [0.2, 0.25) is 0 Å². The van der Waals surface area contributed by atoms with Gasteiger partial charge in [0, 0.05) is 16.5 Å². The number of urea groups is 1. The van der Waals surface area contributed by atoms with Gasteiger partial charge in [0.1, 0.15) is 23.8 Å². The monoisotopic (exact) mass is 451 g/mol. The Labute approximate surface area is 188 Å². The highest BCUT2D eigenvalue weighted by Crippen LogP contribution is 2.41. The van der Waals surface area contributed by atoms with Crippen molar-refractivity contribution in [2.45, 2.75) is 23.6 Å². The van der Waals surface area contributed by atoms with E-state index in [2.05, 4.69) is 0 Å². The summed E-state index contributed by atoms with van der Waals surface area (Å²) in [5.74, 6) is -0.960. The van der Waals surface area contributed by atoms with E-state index < -0.39 is 17.1 Å². The Hall–Kier alpha value is -2.96. The number of hydrogen-bond acceptors (Lipinski definition) is 3. The molecule has 1 unspecified atom stereocenters. The number of halogens is 2. The number of amides is 3. The average Bonchev–Trinajstić information content (AvgIpc) is 3.14. The molecule has 1 atom stereocenters. The van der Waals surface area contributed by atoms with Crippen molar-refractivity contribution in [3.8, 4) is 0 Å². The third kappa shape index (κ3) is 3.36. The van der Waals surface area contributed by atoms with Crippen molar-refractivity contribution in [2.24, 2.45) is 0 Å². The fourth-order valence-corrected chi connectivity index (χ4v) is 5.46. The zero-order valence-corrected chi connectivity index (χ0v) is 18.1. The highest BCUT2D eigenvalue weighted by molar-refractivity contribution is 8.02. The molecule has 4 nitrogen and oxygen atoms in total. The molecule has 0 spiro atoms. The summed E-state index contributed by atoms with van der Waals surface area (Å²) in [7, 11) is 0. The lowest BCUT2D eigenvalue weighted by atomic mass is 10.0. The van der Waals surface area contributed by atoms with Crippen LogP contribution in [-0.2, 0) is 11.3 Å². The zero-order chi connectivity index (χ0) is 21.7. The molecule has 7 heteroatoms. The van der Waals surface area contributed by atoms with Crippen molar-refractivity contribution < 1.29 is 18.6 Å². The minimum Gasteiger partial charge on any atom is -0.244 e. The summed E-state index contributed by atoms with van der Waals surface area (Å²) in [5, 5.41) is -0.704. The number of carbonyl (C=O) groups excluding carboxylic acids is 2. The molecule has 3 amide bonds. The van der Waals surface area contributed by atoms with Crippen LogP contribution in [0.15, 0.2) is 71.6 Å². The number of hydrogen-bond donors (Lipinski definition) is 0. The van der Waals surface area contributed by atoms with Crippen LogP contribution in [0.2, 0.25) is 5.02 Å². The van der Waals surface area contributed by atoms with Crippen molar-refractivity contribution in [3.63, 3.8) is 0 Å². The summed E-state index contributed by atoms with van der Waals surface area (Å²) in [6.45, 7) is 2.31. The Bertz CT molecular complexity index is 1290. The van der Waals surface area contributed by atoms with Crippen LogP contribution in [0.3, 0.4) is 0 Å². The number of carbonyl (C=O) groups is 2. The maximum Gasteiger partial charge on any atom is 0.506 e. The molecular formula is C24H17ClFN2O2S+. The zero-order valence-electron chi connectivity index (χ0n) is 16.5. The van der Waals surface area contributed by atoms with E-state index in [1.54, 1.807) is 4.58 Å². The number of fused-ring (bicyclic) bond motifs is 3. The van der Waals surface area contributed by atoms with Crippen LogP contribution in [0.4, 0.5) is 14.9 Å². The molecule has 3 aromatic rings. The highest BCUT2D eigenvalue weighted by atomic mass is 35.5. The summed E-state index contributed by atoms with van der Waals surface area (Å²) in [6, 6.07) is 19.0. The highest BCUT2D eigenvalue weighted by Gasteiger charge is 2.53. The van der Waals surface area contributed by atoms with Gasteiger partial charge >= 0.3 is 11.9 Å². The van der Waals surface area contributed by atoms with Gasteiger partial charge in [-0.3, -0.25) is 0 Å². The lowest BCUT2D eigenvalue weighted by Crippen LogP contribution is -2.55. The number of rotatable bonds is 3. The summed E-state index contributed by atoms with van der Waals surface area (Å²) in [5.41, 5.74) is 3.89. The predicted molar refractivity (Wildman–Crippen MR) is 120 cm³/mol. The van der Waals surface area contributed by atoms with Gasteiger partial charge in [0.15, 0.2) is 5.25 Å². The molecular weight excluding hydrogens is 435 g/mol. The van der Waals surface area contributed by atoms with Crippen molar-refractivity contribution in [2.75, 3.05) is 4.90 Å². The Morgan fingerprint density at radius 1 is 1.06 bits per heavy atom. The molecule has 0 saturated carbocycles. The lowest BCUT2D eigenvalue weighted by molar-refractivity contribution is -0.444. The molecule has 0 bridgehead atoms. The minimum absolute atomic E-state index is 0.138. The van der Waals surface area contributed by atoms with Gasteiger partial charge < -0.3 is 0 Å². The fourth-order valence-electron chi connectivity index (χ4n) is 4.00. The van der Waals surface area contributed by atoms with E-state index in [0.717, 1.165) is 26.5 Å². The van der Waals surface area contributed by atoms with Gasteiger partial charge in [0.25, 0.3) is 0 Å². The van der Waals surface area contributed by atoms with Gasteiger partial charge in [-0.2, -0.15) is 9.37 Å². The van der Waals surface area contributed by atoms with Crippen molar-refractivity contribution in [1.82, 2.24) is 0 Å². The summed E-state index contributed by atoms with van der Waals surface area (Å²) in [4.78, 5) is 29.1. The first-order valence-corrected chi connectivity index (χ1v) is 11.0. The van der Waals surface area contributed by atoms with Crippen LogP contribution in [0, 0.1) is 12.7 Å². The smallest absolute Gasteiger partial charge is 0.244 e. The molecule has 154 valence electrons. The minimum atomic E-state index is -0.603. The molecule has 5 rings (SSSR count). The van der Waals surface area contributed by atoms with Gasteiger partial charge in [-0.25, -0.2) is 9.18 Å². The van der Waals surface area contributed by atoms with E-state index in [1.165, 1.54) is 30.0 Å². The fraction of sp³-hybridized carbons (Fsp3) is 0.125. The first kappa shape index (κ1) is 20.0. The Morgan fingerprint density at radius 3 is 2.65 bits per heavy atom. The maximum atomic E-state index is 13.7. The van der Waals surface area contributed by atoms with Crippen molar-refractivity contribution >= 4 is 46.7 Å². The lowest BCUT2D eigenvalue weighted by Gasteiger charge is -2.24. The second-order valence-electron chi connectivity index (χ2n) is 7.51. The Balaban J connectivity index is 1.68. The van der Waals surface area contributed by atoms with Crippen LogP contribution in [0.1, 0.15) is 16.7 Å². The molecule has 0 saturated heterocycles. The quantitative estimate of drug-likeness (QED) is 0.498. The number of imide groups is 1. The van der Waals surface area contributed by atoms with E-state index >= 15 is 0 Å².